The molecule has 1 fully saturated rings. The summed E-state index contributed by atoms with van der Waals surface area (Å²) in [6, 6.07) is 2.79. The number of hydrogen-bond acceptors (Lipinski definition) is 2. The Kier molecular flexibility index (Phi) is 4.88. The number of benzene rings is 1. The average molecular weight is 312 g/mol. The zero-order valence-corrected chi connectivity index (χ0v) is 12.4. The maximum atomic E-state index is 13.7. The van der Waals surface area contributed by atoms with E-state index in [1.54, 1.807) is 0 Å². The quantitative estimate of drug-likeness (QED) is 0.666. The largest absolute Gasteiger partial charge is 0.391 e. The van der Waals surface area contributed by atoms with Gasteiger partial charge < -0.3 is 11.1 Å². The zero-order valence-electron chi connectivity index (χ0n) is 11.6. The Morgan fingerprint density at radius 2 is 1.81 bits per heavy atom. The number of nitrogens with one attached hydrogen (secondary N) is 1. The molecular formula is C15H18F2N2OS. The second kappa shape index (κ2) is 6.47. The summed E-state index contributed by atoms with van der Waals surface area (Å²) in [5.41, 5.74) is 4.69. The van der Waals surface area contributed by atoms with Crippen molar-refractivity contribution in [2.45, 2.75) is 44.1 Å². The molecule has 1 aromatic carbocycles. The molecule has 0 aromatic heterocycles. The maximum Gasteiger partial charge on any atom is 0.255 e. The van der Waals surface area contributed by atoms with Crippen molar-refractivity contribution in [3.8, 4) is 0 Å². The van der Waals surface area contributed by atoms with Gasteiger partial charge in [-0.15, -0.1) is 0 Å². The van der Waals surface area contributed by atoms with E-state index < -0.39 is 23.1 Å². The summed E-state index contributed by atoms with van der Waals surface area (Å²) >= 11 is 5.11. The molecule has 21 heavy (non-hydrogen) atoms. The van der Waals surface area contributed by atoms with Crippen molar-refractivity contribution >= 4 is 23.1 Å². The molecule has 3 N–H and O–H groups in total. The molecule has 3 nitrogen and oxygen atoms in total. The van der Waals surface area contributed by atoms with Gasteiger partial charge in [0, 0.05) is 0 Å². The lowest BCUT2D eigenvalue weighted by molar-refractivity contribution is 0.0913. The van der Waals surface area contributed by atoms with E-state index in [1.165, 1.54) is 0 Å². The van der Waals surface area contributed by atoms with Crippen molar-refractivity contribution in [1.82, 2.24) is 5.32 Å². The van der Waals surface area contributed by atoms with E-state index >= 15 is 0 Å². The van der Waals surface area contributed by atoms with Crippen LogP contribution in [-0.2, 0) is 0 Å². The minimum atomic E-state index is -0.804. The predicted molar refractivity (Wildman–Crippen MR) is 81.0 cm³/mol. The smallest absolute Gasteiger partial charge is 0.255 e. The molecular weight excluding hydrogens is 294 g/mol. The van der Waals surface area contributed by atoms with Gasteiger partial charge in [0.1, 0.15) is 11.6 Å². The Labute approximate surface area is 127 Å². The van der Waals surface area contributed by atoms with Crippen LogP contribution in [0.1, 0.15) is 48.9 Å². The molecule has 0 unspecified atom stereocenters. The summed E-state index contributed by atoms with van der Waals surface area (Å²) in [5.74, 6) is -2.10. The van der Waals surface area contributed by atoms with Gasteiger partial charge in [0.15, 0.2) is 0 Å². The summed E-state index contributed by atoms with van der Waals surface area (Å²) in [4.78, 5) is 12.5. The monoisotopic (exact) mass is 312 g/mol. The lowest BCUT2D eigenvalue weighted by Gasteiger charge is -2.33. The van der Waals surface area contributed by atoms with Crippen LogP contribution in [0.25, 0.3) is 0 Å². The van der Waals surface area contributed by atoms with Crippen LogP contribution in [0, 0.1) is 11.6 Å². The highest BCUT2D eigenvalue weighted by Crippen LogP contribution is 2.28. The standard InChI is InChI=1S/C15H18F2N2OS/c16-10-5-6-12(17)11(9-10)13(20)19-15(14(18)21)7-3-1-2-4-8-15/h5-6,9H,1-4,7-8H2,(H2,18,21)(H,19,20). The maximum absolute atomic E-state index is 13.7. The number of nitrogens with two attached hydrogens (primary N) is 1. The molecule has 114 valence electrons. The van der Waals surface area contributed by atoms with Crippen LogP contribution in [0.3, 0.4) is 0 Å². The third-order valence-electron chi connectivity index (χ3n) is 3.95. The number of hydrogen-bond donors (Lipinski definition) is 2. The summed E-state index contributed by atoms with van der Waals surface area (Å²) in [7, 11) is 0. The van der Waals surface area contributed by atoms with Crippen molar-refractivity contribution < 1.29 is 13.6 Å². The van der Waals surface area contributed by atoms with Crippen LogP contribution >= 0.6 is 12.2 Å². The lowest BCUT2D eigenvalue weighted by atomic mass is 9.89. The number of carbonyl (C=O) groups excluding carboxylic acids is 1. The van der Waals surface area contributed by atoms with Gasteiger partial charge in [0.05, 0.1) is 16.1 Å². The molecule has 1 aromatic rings. The van der Waals surface area contributed by atoms with E-state index in [0.29, 0.717) is 12.8 Å². The van der Waals surface area contributed by atoms with Crippen LogP contribution in [0.2, 0.25) is 0 Å². The first-order valence-electron chi connectivity index (χ1n) is 7.02. The summed E-state index contributed by atoms with van der Waals surface area (Å²) in [6.07, 6.45) is 5.14. The van der Waals surface area contributed by atoms with Crippen LogP contribution in [0.4, 0.5) is 8.78 Å². The molecule has 1 saturated carbocycles. The van der Waals surface area contributed by atoms with Crippen LogP contribution in [0.15, 0.2) is 18.2 Å². The Balaban J connectivity index is 2.26. The predicted octanol–water partition coefficient (Wildman–Crippen LogP) is 3.07. The van der Waals surface area contributed by atoms with E-state index in [0.717, 1.165) is 43.9 Å². The Morgan fingerprint density at radius 3 is 2.38 bits per heavy atom. The molecule has 0 saturated heterocycles. The third-order valence-corrected chi connectivity index (χ3v) is 4.35. The highest BCUT2D eigenvalue weighted by Gasteiger charge is 2.36. The fraction of sp³-hybridized carbons (Fsp3) is 0.467. The second-order valence-corrected chi connectivity index (χ2v) is 5.88. The number of amides is 1. The van der Waals surface area contributed by atoms with Crippen molar-refractivity contribution in [2.24, 2.45) is 5.73 Å². The average Bonchev–Trinajstić information content (AvgIpc) is 2.68. The number of carbonyl (C=O) groups is 1. The van der Waals surface area contributed by atoms with Crippen molar-refractivity contribution in [1.29, 1.82) is 0 Å². The third kappa shape index (κ3) is 3.56. The first kappa shape index (κ1) is 15.8. The van der Waals surface area contributed by atoms with Crippen molar-refractivity contribution in [3.63, 3.8) is 0 Å². The molecule has 1 aliphatic carbocycles. The van der Waals surface area contributed by atoms with E-state index in [2.05, 4.69) is 5.32 Å². The minimum Gasteiger partial charge on any atom is -0.391 e. The number of rotatable bonds is 3. The van der Waals surface area contributed by atoms with Gasteiger partial charge >= 0.3 is 0 Å². The van der Waals surface area contributed by atoms with E-state index in [9.17, 15) is 13.6 Å². The SMILES string of the molecule is NC(=S)C1(NC(=O)c2cc(F)ccc2F)CCCCCC1. The molecule has 1 aliphatic rings. The Morgan fingerprint density at radius 1 is 1.19 bits per heavy atom. The molecule has 1 amide bonds. The summed E-state index contributed by atoms with van der Waals surface area (Å²) in [6.45, 7) is 0. The second-order valence-electron chi connectivity index (χ2n) is 5.44. The van der Waals surface area contributed by atoms with Crippen LogP contribution in [-0.4, -0.2) is 16.4 Å². The highest BCUT2D eigenvalue weighted by atomic mass is 32.1. The molecule has 0 spiro atoms. The van der Waals surface area contributed by atoms with Crippen molar-refractivity contribution in [2.75, 3.05) is 0 Å². The van der Waals surface area contributed by atoms with Gasteiger partial charge in [-0.1, -0.05) is 37.9 Å². The number of halogens is 2. The summed E-state index contributed by atoms with van der Waals surface area (Å²) < 4.78 is 26.9. The van der Waals surface area contributed by atoms with E-state index in [1.807, 2.05) is 0 Å². The first-order valence-corrected chi connectivity index (χ1v) is 7.43. The molecule has 0 heterocycles. The Bertz CT molecular complexity index is 555. The molecule has 2 rings (SSSR count). The van der Waals surface area contributed by atoms with E-state index in [-0.39, 0.29) is 10.6 Å². The number of thiocarbonyl (C=S) groups is 1. The fourth-order valence-electron chi connectivity index (χ4n) is 2.72. The van der Waals surface area contributed by atoms with E-state index in [4.69, 9.17) is 18.0 Å². The van der Waals surface area contributed by atoms with Gasteiger partial charge in [0.2, 0.25) is 0 Å². The van der Waals surface area contributed by atoms with Crippen LogP contribution in [0.5, 0.6) is 0 Å². The van der Waals surface area contributed by atoms with Gasteiger partial charge in [-0.3, -0.25) is 4.79 Å². The summed E-state index contributed by atoms with van der Waals surface area (Å²) in [5, 5.41) is 2.74. The van der Waals surface area contributed by atoms with Gasteiger partial charge in [-0.2, -0.15) is 0 Å². The van der Waals surface area contributed by atoms with Gasteiger partial charge in [-0.25, -0.2) is 8.78 Å². The first-order chi connectivity index (χ1) is 9.94. The molecule has 0 bridgehead atoms. The normalized spacial score (nSPS) is 17.8. The van der Waals surface area contributed by atoms with Gasteiger partial charge in [0.25, 0.3) is 5.91 Å². The van der Waals surface area contributed by atoms with Gasteiger partial charge in [-0.05, 0) is 31.0 Å². The molecule has 0 radical (unpaired) electrons. The topological polar surface area (TPSA) is 55.1 Å². The fourth-order valence-corrected chi connectivity index (χ4v) is 2.98. The molecule has 0 atom stereocenters. The van der Waals surface area contributed by atoms with Crippen molar-refractivity contribution in [3.05, 3.63) is 35.4 Å². The lowest BCUT2D eigenvalue weighted by Crippen LogP contribution is -2.56. The highest BCUT2D eigenvalue weighted by molar-refractivity contribution is 7.80. The van der Waals surface area contributed by atoms with Crippen LogP contribution < -0.4 is 11.1 Å². The minimum absolute atomic E-state index is 0.203. The zero-order chi connectivity index (χ0) is 15.5. The molecule has 6 heteroatoms. The molecule has 0 aliphatic heterocycles. The Hall–Kier alpha value is -1.56.